The van der Waals surface area contributed by atoms with Gasteiger partial charge < -0.3 is 5.32 Å². The smallest absolute Gasteiger partial charge is 0.293 e. The summed E-state index contributed by atoms with van der Waals surface area (Å²) in [5, 5.41) is 23.0. The minimum absolute atomic E-state index is 0.186. The highest BCUT2D eigenvalue weighted by molar-refractivity contribution is 7.90. The van der Waals surface area contributed by atoms with Crippen LogP contribution in [0.2, 0.25) is 0 Å². The third-order valence-corrected chi connectivity index (χ3v) is 4.63. The van der Waals surface area contributed by atoms with E-state index in [2.05, 4.69) is 5.32 Å². The van der Waals surface area contributed by atoms with E-state index in [0.29, 0.717) is 5.69 Å². The van der Waals surface area contributed by atoms with Crippen LogP contribution in [0.1, 0.15) is 24.1 Å². The fourth-order valence-electron chi connectivity index (χ4n) is 2.19. The van der Waals surface area contributed by atoms with Crippen LogP contribution in [0.4, 0.5) is 11.4 Å². The van der Waals surface area contributed by atoms with Crippen LogP contribution < -0.4 is 5.32 Å². The van der Waals surface area contributed by atoms with Gasteiger partial charge in [-0.2, -0.15) is 5.26 Å². The Balaban J connectivity index is 2.28. The largest absolute Gasteiger partial charge is 0.373 e. The summed E-state index contributed by atoms with van der Waals surface area (Å²) in [6.07, 6.45) is 1.13. The van der Waals surface area contributed by atoms with Crippen molar-refractivity contribution in [3.63, 3.8) is 0 Å². The first kappa shape index (κ1) is 17.4. The molecular formula is C16H15N3O4S. The van der Waals surface area contributed by atoms with Gasteiger partial charge in [-0.25, -0.2) is 8.42 Å². The van der Waals surface area contributed by atoms with Crippen LogP contribution >= 0.6 is 0 Å². The molecule has 7 nitrogen and oxygen atoms in total. The number of rotatable bonds is 5. The van der Waals surface area contributed by atoms with Gasteiger partial charge in [0.1, 0.15) is 5.69 Å². The van der Waals surface area contributed by atoms with E-state index in [4.69, 9.17) is 5.26 Å². The lowest BCUT2D eigenvalue weighted by Crippen LogP contribution is -2.09. The first-order valence-corrected chi connectivity index (χ1v) is 8.86. The van der Waals surface area contributed by atoms with Gasteiger partial charge in [0.25, 0.3) is 5.69 Å². The number of hydrogen-bond donors (Lipinski definition) is 1. The van der Waals surface area contributed by atoms with E-state index in [1.807, 2.05) is 6.07 Å². The molecule has 1 atom stereocenters. The van der Waals surface area contributed by atoms with Crippen molar-refractivity contribution in [2.24, 2.45) is 0 Å². The summed E-state index contributed by atoms with van der Waals surface area (Å²) in [5.41, 5.74) is 1.09. The van der Waals surface area contributed by atoms with E-state index < -0.39 is 14.8 Å². The van der Waals surface area contributed by atoms with E-state index in [1.165, 1.54) is 30.3 Å². The average Bonchev–Trinajstić information content (AvgIpc) is 2.54. The highest BCUT2D eigenvalue weighted by Gasteiger charge is 2.17. The zero-order valence-corrected chi connectivity index (χ0v) is 13.9. The first-order valence-electron chi connectivity index (χ1n) is 6.97. The highest BCUT2D eigenvalue weighted by atomic mass is 32.2. The molecule has 1 unspecified atom stereocenters. The predicted octanol–water partition coefficient (Wildman–Crippen LogP) is 3.04. The zero-order chi connectivity index (χ0) is 17.9. The second-order valence-electron chi connectivity index (χ2n) is 5.31. The quantitative estimate of drug-likeness (QED) is 0.658. The zero-order valence-electron chi connectivity index (χ0n) is 13.1. The maximum atomic E-state index is 11.5. The maximum Gasteiger partial charge on any atom is 0.293 e. The van der Waals surface area contributed by atoms with Crippen LogP contribution in [0.5, 0.6) is 0 Å². The highest BCUT2D eigenvalue weighted by Crippen LogP contribution is 2.29. The summed E-state index contributed by atoms with van der Waals surface area (Å²) in [6.45, 7) is 1.80. The lowest BCUT2D eigenvalue weighted by atomic mass is 10.1. The van der Waals surface area contributed by atoms with Crippen LogP contribution in [0.3, 0.4) is 0 Å². The maximum absolute atomic E-state index is 11.5. The van der Waals surface area contributed by atoms with E-state index in [1.54, 1.807) is 19.1 Å². The third-order valence-electron chi connectivity index (χ3n) is 3.50. The van der Waals surface area contributed by atoms with Gasteiger partial charge >= 0.3 is 0 Å². The molecule has 0 aliphatic heterocycles. The van der Waals surface area contributed by atoms with Crippen molar-refractivity contribution in [2.75, 3.05) is 11.6 Å². The van der Waals surface area contributed by atoms with E-state index >= 15 is 0 Å². The number of hydrogen-bond acceptors (Lipinski definition) is 6. The second-order valence-corrected chi connectivity index (χ2v) is 7.32. The molecule has 0 radical (unpaired) electrons. The lowest BCUT2D eigenvalue weighted by molar-refractivity contribution is -0.384. The Bertz CT molecular complexity index is 915. The van der Waals surface area contributed by atoms with Crippen molar-refractivity contribution >= 4 is 21.2 Å². The normalized spacial score (nSPS) is 12.2. The molecular weight excluding hydrogens is 330 g/mol. The van der Waals surface area contributed by atoms with Crippen LogP contribution in [0.15, 0.2) is 47.4 Å². The van der Waals surface area contributed by atoms with Crippen molar-refractivity contribution in [2.45, 2.75) is 17.9 Å². The van der Waals surface area contributed by atoms with Crippen LogP contribution in [0, 0.1) is 21.4 Å². The van der Waals surface area contributed by atoms with Gasteiger partial charge in [-0.15, -0.1) is 0 Å². The standard InChI is InChI=1S/C16H15N3O4S/c1-11(13-4-6-14(7-5-13)24(2,22)23)18-15-8-3-12(10-17)9-16(15)19(20)21/h3-9,11,18H,1-2H3. The van der Waals surface area contributed by atoms with Crippen molar-refractivity contribution in [1.82, 2.24) is 0 Å². The molecule has 0 spiro atoms. The van der Waals surface area contributed by atoms with Crippen molar-refractivity contribution in [1.29, 1.82) is 5.26 Å². The van der Waals surface area contributed by atoms with Gasteiger partial charge in [0, 0.05) is 18.4 Å². The molecule has 2 aromatic rings. The molecule has 0 saturated heterocycles. The fraction of sp³-hybridized carbons (Fsp3) is 0.188. The Hall–Kier alpha value is -2.92. The number of nitro groups is 1. The Labute approximate surface area is 139 Å². The number of nitrogens with zero attached hydrogens (tertiary/aromatic N) is 2. The summed E-state index contributed by atoms with van der Waals surface area (Å²) in [4.78, 5) is 10.8. The molecule has 0 aromatic heterocycles. The van der Waals surface area contributed by atoms with Gasteiger partial charge in [-0.1, -0.05) is 12.1 Å². The van der Waals surface area contributed by atoms with Gasteiger partial charge in [0.2, 0.25) is 0 Å². The van der Waals surface area contributed by atoms with Gasteiger partial charge in [0.05, 0.1) is 21.5 Å². The van der Waals surface area contributed by atoms with Crippen LogP contribution in [-0.4, -0.2) is 19.6 Å². The van der Waals surface area contributed by atoms with Crippen LogP contribution in [-0.2, 0) is 9.84 Å². The monoisotopic (exact) mass is 345 g/mol. The van der Waals surface area contributed by atoms with E-state index in [9.17, 15) is 18.5 Å². The van der Waals surface area contributed by atoms with Gasteiger partial charge in [-0.05, 0) is 36.8 Å². The number of sulfone groups is 1. The Kier molecular flexibility index (Phi) is 4.85. The summed E-state index contributed by atoms with van der Waals surface area (Å²) in [6, 6.07) is 12.1. The number of benzene rings is 2. The fourth-order valence-corrected chi connectivity index (χ4v) is 2.83. The van der Waals surface area contributed by atoms with Gasteiger partial charge in [0.15, 0.2) is 9.84 Å². The molecule has 2 aromatic carbocycles. The Morgan fingerprint density at radius 2 is 1.83 bits per heavy atom. The van der Waals surface area contributed by atoms with Crippen molar-refractivity contribution in [3.05, 3.63) is 63.7 Å². The topological polar surface area (TPSA) is 113 Å². The van der Waals surface area contributed by atoms with Crippen LogP contribution in [0.25, 0.3) is 0 Å². The minimum Gasteiger partial charge on any atom is -0.373 e. The summed E-state index contributed by atoms with van der Waals surface area (Å²) in [7, 11) is -3.27. The van der Waals surface area contributed by atoms with E-state index in [-0.39, 0.29) is 22.2 Å². The molecule has 1 N–H and O–H groups in total. The Morgan fingerprint density at radius 1 is 1.21 bits per heavy atom. The number of nitriles is 1. The number of nitrogens with one attached hydrogen (secondary N) is 1. The number of anilines is 1. The summed E-state index contributed by atoms with van der Waals surface area (Å²) in [5.74, 6) is 0. The SMILES string of the molecule is CC(Nc1ccc(C#N)cc1[N+](=O)[O-])c1ccc(S(C)(=O)=O)cc1. The van der Waals surface area contributed by atoms with Crippen molar-refractivity contribution in [3.8, 4) is 6.07 Å². The van der Waals surface area contributed by atoms with Gasteiger partial charge in [-0.3, -0.25) is 10.1 Å². The average molecular weight is 345 g/mol. The molecule has 8 heteroatoms. The first-order chi connectivity index (χ1) is 11.2. The number of nitro benzene ring substituents is 1. The molecule has 0 amide bonds. The summed E-state index contributed by atoms with van der Waals surface area (Å²) < 4.78 is 22.9. The molecule has 0 heterocycles. The molecule has 2 rings (SSSR count). The lowest BCUT2D eigenvalue weighted by Gasteiger charge is -2.16. The molecule has 0 fully saturated rings. The third kappa shape index (κ3) is 3.88. The molecule has 24 heavy (non-hydrogen) atoms. The Morgan fingerprint density at radius 3 is 2.33 bits per heavy atom. The molecule has 124 valence electrons. The minimum atomic E-state index is -3.27. The molecule has 0 aliphatic rings. The molecule has 0 bridgehead atoms. The van der Waals surface area contributed by atoms with E-state index in [0.717, 1.165) is 11.8 Å². The molecule has 0 aliphatic carbocycles. The summed E-state index contributed by atoms with van der Waals surface area (Å²) >= 11 is 0. The second kappa shape index (κ2) is 6.68. The predicted molar refractivity (Wildman–Crippen MR) is 89.4 cm³/mol. The van der Waals surface area contributed by atoms with Crippen molar-refractivity contribution < 1.29 is 13.3 Å². The molecule has 0 saturated carbocycles.